The minimum absolute atomic E-state index is 0.0712. The molecule has 0 saturated carbocycles. The Kier molecular flexibility index (Phi) is 8.14. The predicted molar refractivity (Wildman–Crippen MR) is 159 cm³/mol. The van der Waals surface area contributed by atoms with Crippen LogP contribution in [0.25, 0.3) is 0 Å². The van der Waals surface area contributed by atoms with Crippen LogP contribution < -0.4 is 15.8 Å². The lowest BCUT2D eigenvalue weighted by molar-refractivity contribution is -0.131. The molecule has 2 fully saturated rings. The summed E-state index contributed by atoms with van der Waals surface area (Å²) in [6.07, 6.45) is 1.86. The first-order valence-corrected chi connectivity index (χ1v) is 14.5. The lowest BCUT2D eigenvalue weighted by Crippen LogP contribution is -2.70. The number of nitrogens with one attached hydrogen (secondary N) is 1. The van der Waals surface area contributed by atoms with E-state index in [2.05, 4.69) is 12.2 Å². The van der Waals surface area contributed by atoms with Crippen LogP contribution in [-0.4, -0.2) is 49.0 Å². The summed E-state index contributed by atoms with van der Waals surface area (Å²) < 4.78 is 5.33. The van der Waals surface area contributed by atoms with Gasteiger partial charge in [-0.15, -0.1) is 0 Å². The zero-order valence-electron chi connectivity index (χ0n) is 22.8. The molecule has 0 aromatic heterocycles. The van der Waals surface area contributed by atoms with E-state index in [9.17, 15) is 9.59 Å². The van der Waals surface area contributed by atoms with Crippen LogP contribution in [0.3, 0.4) is 0 Å². The molecule has 3 aromatic carbocycles. The zero-order chi connectivity index (χ0) is 28.5. The second-order valence-corrected chi connectivity index (χ2v) is 11.6. The number of nitrogens with two attached hydrogens (primary N) is 1. The fraction of sp³-hybridized carbons (Fsp3) is 0.375. The molecule has 2 aliphatic rings. The first-order valence-electron chi connectivity index (χ1n) is 13.8. The molecule has 0 radical (unpaired) electrons. The van der Waals surface area contributed by atoms with Crippen LogP contribution >= 0.6 is 23.2 Å². The average Bonchev–Trinajstić information content (AvgIpc) is 3.53. The lowest BCUT2D eigenvalue weighted by atomic mass is 9.51. The lowest BCUT2D eigenvalue weighted by Gasteiger charge is -2.61. The van der Waals surface area contributed by atoms with Gasteiger partial charge in [0.1, 0.15) is 5.75 Å². The number of carbonyl (C=O) groups excluding carboxylic acids is 2. The number of carbonyl (C=O) groups is 2. The molecule has 3 aromatic rings. The van der Waals surface area contributed by atoms with E-state index in [4.69, 9.17) is 33.7 Å². The zero-order valence-corrected chi connectivity index (χ0v) is 24.3. The summed E-state index contributed by atoms with van der Waals surface area (Å²) in [5, 5.41) is 4.35. The van der Waals surface area contributed by atoms with Crippen molar-refractivity contribution in [3.63, 3.8) is 0 Å². The van der Waals surface area contributed by atoms with E-state index in [0.29, 0.717) is 40.7 Å². The highest BCUT2D eigenvalue weighted by atomic mass is 35.5. The third-order valence-corrected chi connectivity index (χ3v) is 9.89. The molecule has 4 unspecified atom stereocenters. The number of benzene rings is 3. The van der Waals surface area contributed by atoms with Crippen LogP contribution in [0.4, 0.5) is 0 Å². The fourth-order valence-electron chi connectivity index (χ4n) is 7.34. The van der Waals surface area contributed by atoms with Gasteiger partial charge in [0, 0.05) is 24.6 Å². The van der Waals surface area contributed by atoms with E-state index in [1.165, 1.54) is 0 Å². The van der Waals surface area contributed by atoms with Gasteiger partial charge < -0.3 is 20.7 Å². The molecule has 6 nitrogen and oxygen atoms in total. The number of ether oxygens (including phenoxy) is 1. The van der Waals surface area contributed by atoms with Crippen LogP contribution in [0.1, 0.15) is 53.6 Å². The third-order valence-electron chi connectivity index (χ3n) is 9.15. The molecule has 4 atom stereocenters. The SMILES string of the molecule is CCC1(C2CCNC2)C(c2ccc(Cl)c(Cl)c2)C(C(N)=O)(c2ccccc2)CCN1C(=O)c1ccc(OC)cc1. The average molecular weight is 581 g/mol. The summed E-state index contributed by atoms with van der Waals surface area (Å²) in [6.45, 7) is 4.05. The third kappa shape index (κ3) is 4.56. The quantitative estimate of drug-likeness (QED) is 0.369. The molecule has 5 rings (SSSR count). The molecule has 0 spiro atoms. The molecule has 3 N–H and O–H groups in total. The highest BCUT2D eigenvalue weighted by Gasteiger charge is 2.64. The van der Waals surface area contributed by atoms with Gasteiger partial charge in [-0.2, -0.15) is 0 Å². The highest BCUT2D eigenvalue weighted by molar-refractivity contribution is 6.42. The van der Waals surface area contributed by atoms with Crippen molar-refractivity contribution >= 4 is 35.0 Å². The maximum atomic E-state index is 14.4. The number of hydrogen-bond donors (Lipinski definition) is 2. The molecule has 2 heterocycles. The fourth-order valence-corrected chi connectivity index (χ4v) is 7.65. The normalized spacial score (nSPS) is 26.4. The number of likely N-dealkylation sites (tertiary alicyclic amines) is 1. The van der Waals surface area contributed by atoms with Crippen LogP contribution in [-0.2, 0) is 10.2 Å². The van der Waals surface area contributed by atoms with Gasteiger partial charge in [0.15, 0.2) is 0 Å². The topological polar surface area (TPSA) is 84.7 Å². The van der Waals surface area contributed by atoms with E-state index in [1.807, 2.05) is 47.4 Å². The van der Waals surface area contributed by atoms with Crippen molar-refractivity contribution in [3.05, 3.63) is 99.5 Å². The van der Waals surface area contributed by atoms with Crippen molar-refractivity contribution < 1.29 is 14.3 Å². The Balaban J connectivity index is 1.79. The van der Waals surface area contributed by atoms with E-state index < -0.39 is 22.8 Å². The summed E-state index contributed by atoms with van der Waals surface area (Å²) in [5.74, 6) is -0.201. The van der Waals surface area contributed by atoms with Gasteiger partial charge in [0.2, 0.25) is 5.91 Å². The van der Waals surface area contributed by atoms with Crippen molar-refractivity contribution in [2.24, 2.45) is 11.7 Å². The van der Waals surface area contributed by atoms with Crippen molar-refractivity contribution in [1.29, 1.82) is 0 Å². The van der Waals surface area contributed by atoms with Crippen LogP contribution in [0, 0.1) is 5.92 Å². The number of hydrogen-bond acceptors (Lipinski definition) is 4. The molecule has 0 bridgehead atoms. The molecule has 8 heteroatoms. The summed E-state index contributed by atoms with van der Waals surface area (Å²) in [4.78, 5) is 30.3. The standard InChI is InChI=1S/C32H35Cl2N3O3/c1-3-32(24-15-17-36-20-24)28(22-11-14-26(33)27(34)19-22)31(30(35)39,23-7-5-4-6-8-23)16-18-37(32)29(38)21-9-12-25(40-2)13-10-21/h4-14,19,24,28,36H,3,15-18,20H2,1-2H3,(H2,35,39). The summed E-state index contributed by atoms with van der Waals surface area (Å²) in [5.41, 5.74) is 6.88. The molecular formula is C32H35Cl2N3O3. The highest BCUT2D eigenvalue weighted by Crippen LogP contribution is 2.58. The number of rotatable bonds is 7. The van der Waals surface area contributed by atoms with E-state index in [0.717, 1.165) is 30.6 Å². The number of halogens is 2. The first-order chi connectivity index (χ1) is 19.3. The van der Waals surface area contributed by atoms with Crippen molar-refractivity contribution in [3.8, 4) is 5.75 Å². The Morgan fingerprint density at radius 3 is 2.35 bits per heavy atom. The minimum atomic E-state index is -1.08. The molecule has 2 saturated heterocycles. The van der Waals surface area contributed by atoms with Gasteiger partial charge in [-0.25, -0.2) is 0 Å². The van der Waals surface area contributed by atoms with Crippen LogP contribution in [0.15, 0.2) is 72.8 Å². The Hall–Kier alpha value is -3.06. The van der Waals surface area contributed by atoms with Gasteiger partial charge >= 0.3 is 0 Å². The van der Waals surface area contributed by atoms with Crippen LogP contribution in [0.2, 0.25) is 10.0 Å². The monoisotopic (exact) mass is 579 g/mol. The minimum Gasteiger partial charge on any atom is -0.497 e. The summed E-state index contributed by atoms with van der Waals surface area (Å²) >= 11 is 13.0. The van der Waals surface area contributed by atoms with Crippen molar-refractivity contribution in [2.45, 2.75) is 43.1 Å². The van der Waals surface area contributed by atoms with Gasteiger partial charge in [0.05, 0.1) is 28.1 Å². The van der Waals surface area contributed by atoms with Crippen molar-refractivity contribution in [1.82, 2.24) is 10.2 Å². The molecule has 40 heavy (non-hydrogen) atoms. The molecule has 2 amide bonds. The second kappa shape index (κ2) is 11.4. The number of nitrogens with zero attached hydrogens (tertiary/aromatic N) is 1. The Morgan fingerprint density at radius 2 is 1.77 bits per heavy atom. The Labute approximate surface area is 245 Å². The van der Waals surface area contributed by atoms with Gasteiger partial charge in [-0.3, -0.25) is 9.59 Å². The smallest absolute Gasteiger partial charge is 0.254 e. The molecule has 2 aliphatic heterocycles. The molecule has 0 aliphatic carbocycles. The number of primary amides is 1. The van der Waals surface area contributed by atoms with E-state index >= 15 is 0 Å². The van der Waals surface area contributed by atoms with Crippen LogP contribution in [0.5, 0.6) is 5.75 Å². The number of methoxy groups -OCH3 is 1. The summed E-state index contributed by atoms with van der Waals surface area (Å²) in [7, 11) is 1.60. The number of piperidine rings is 1. The van der Waals surface area contributed by atoms with E-state index in [1.54, 1.807) is 37.4 Å². The second-order valence-electron chi connectivity index (χ2n) is 10.8. The maximum absolute atomic E-state index is 14.4. The summed E-state index contributed by atoms with van der Waals surface area (Å²) in [6, 6.07) is 22.5. The first kappa shape index (κ1) is 28.5. The van der Waals surface area contributed by atoms with Gasteiger partial charge in [-0.1, -0.05) is 66.5 Å². The largest absolute Gasteiger partial charge is 0.497 e. The van der Waals surface area contributed by atoms with Crippen molar-refractivity contribution in [2.75, 3.05) is 26.7 Å². The van der Waals surface area contributed by atoms with E-state index in [-0.39, 0.29) is 11.8 Å². The number of amides is 2. The molecular weight excluding hydrogens is 545 g/mol. The predicted octanol–water partition coefficient (Wildman–Crippen LogP) is 5.81. The Morgan fingerprint density at radius 1 is 1.05 bits per heavy atom. The maximum Gasteiger partial charge on any atom is 0.254 e. The molecule has 210 valence electrons. The van der Waals surface area contributed by atoms with Gasteiger partial charge in [-0.05, 0) is 79.3 Å². The van der Waals surface area contributed by atoms with Gasteiger partial charge in [0.25, 0.3) is 5.91 Å². The Bertz CT molecular complexity index is 1380.